The number of nitrogens with zero attached hydrogens (tertiary/aromatic N) is 5. The minimum atomic E-state index is -0.164. The lowest BCUT2D eigenvalue weighted by Crippen LogP contribution is -2.23. The lowest BCUT2D eigenvalue weighted by atomic mass is 10.3. The zero-order valence-corrected chi connectivity index (χ0v) is 16.4. The van der Waals surface area contributed by atoms with Gasteiger partial charge in [0.15, 0.2) is 11.3 Å². The lowest BCUT2D eigenvalue weighted by Gasteiger charge is -2.09. The molecule has 0 unspecified atom stereocenters. The number of rotatable bonds is 3. The van der Waals surface area contributed by atoms with Crippen LogP contribution in [0.2, 0.25) is 5.02 Å². The zero-order valence-electron chi connectivity index (χ0n) is 15.6. The SMILES string of the molecule is C=CCn1c(C)nc2c(c1=O)c1nc3ccccc3nc1n2-c1cccc(Cl)c1. The van der Waals surface area contributed by atoms with E-state index in [4.69, 9.17) is 26.6 Å². The van der Waals surface area contributed by atoms with Crippen molar-refractivity contribution in [3.05, 3.63) is 82.4 Å². The summed E-state index contributed by atoms with van der Waals surface area (Å²) < 4.78 is 3.44. The molecule has 29 heavy (non-hydrogen) atoms. The zero-order chi connectivity index (χ0) is 20.1. The molecule has 142 valence electrons. The summed E-state index contributed by atoms with van der Waals surface area (Å²) >= 11 is 6.24. The largest absolute Gasteiger partial charge is 0.292 e. The highest BCUT2D eigenvalue weighted by molar-refractivity contribution is 6.30. The summed E-state index contributed by atoms with van der Waals surface area (Å²) in [6, 6.07) is 15.0. The number of aromatic nitrogens is 5. The summed E-state index contributed by atoms with van der Waals surface area (Å²) in [5, 5.41) is 1.02. The van der Waals surface area contributed by atoms with Crippen LogP contribution in [0.4, 0.5) is 0 Å². The van der Waals surface area contributed by atoms with Gasteiger partial charge in [0.25, 0.3) is 5.56 Å². The van der Waals surface area contributed by atoms with E-state index in [-0.39, 0.29) is 5.56 Å². The maximum atomic E-state index is 13.4. The third kappa shape index (κ3) is 2.64. The van der Waals surface area contributed by atoms with Gasteiger partial charge < -0.3 is 0 Å². The Labute approximate surface area is 170 Å². The average molecular weight is 402 g/mol. The Morgan fingerprint density at radius 2 is 1.79 bits per heavy atom. The molecular weight excluding hydrogens is 386 g/mol. The van der Waals surface area contributed by atoms with Crippen LogP contribution in [0.1, 0.15) is 5.82 Å². The van der Waals surface area contributed by atoms with Gasteiger partial charge in [0.2, 0.25) is 0 Å². The van der Waals surface area contributed by atoms with E-state index in [1.165, 1.54) is 0 Å². The van der Waals surface area contributed by atoms with Gasteiger partial charge in [-0.2, -0.15) is 0 Å². The Morgan fingerprint density at radius 3 is 2.52 bits per heavy atom. The van der Waals surface area contributed by atoms with Crippen LogP contribution in [0.15, 0.2) is 66.0 Å². The predicted molar refractivity (Wildman–Crippen MR) is 116 cm³/mol. The van der Waals surface area contributed by atoms with Crippen molar-refractivity contribution in [1.29, 1.82) is 0 Å². The molecule has 2 aromatic carbocycles. The van der Waals surface area contributed by atoms with Gasteiger partial charge in [0.1, 0.15) is 16.7 Å². The van der Waals surface area contributed by atoms with E-state index in [1.807, 2.05) is 54.0 Å². The first-order valence-corrected chi connectivity index (χ1v) is 9.51. The Hall–Kier alpha value is -3.51. The van der Waals surface area contributed by atoms with E-state index < -0.39 is 0 Å². The standard InChI is InChI=1S/C22H16ClN5O/c1-3-11-27-13(2)24-20-18(22(27)29)19-21(26-17-10-5-4-9-16(17)25-19)28(20)15-8-6-7-14(23)12-15/h3-10,12H,1,11H2,2H3. The van der Waals surface area contributed by atoms with Crippen molar-refractivity contribution in [3.63, 3.8) is 0 Å². The third-order valence-electron chi connectivity index (χ3n) is 4.93. The Bertz CT molecular complexity index is 1500. The first-order valence-electron chi connectivity index (χ1n) is 9.13. The minimum absolute atomic E-state index is 0.164. The molecule has 0 saturated carbocycles. The number of benzene rings is 2. The molecule has 5 aromatic rings. The van der Waals surface area contributed by atoms with Crippen molar-refractivity contribution in [3.8, 4) is 5.69 Å². The summed E-state index contributed by atoms with van der Waals surface area (Å²) in [6.07, 6.45) is 1.68. The van der Waals surface area contributed by atoms with Crippen LogP contribution >= 0.6 is 11.6 Å². The van der Waals surface area contributed by atoms with E-state index in [0.717, 1.165) is 16.7 Å². The van der Waals surface area contributed by atoms with Crippen molar-refractivity contribution < 1.29 is 0 Å². The molecule has 7 heteroatoms. The summed E-state index contributed by atoms with van der Waals surface area (Å²) in [4.78, 5) is 27.7. The number of para-hydroxylation sites is 2. The normalized spacial score (nSPS) is 11.5. The minimum Gasteiger partial charge on any atom is -0.292 e. The smallest absolute Gasteiger partial charge is 0.265 e. The van der Waals surface area contributed by atoms with E-state index in [1.54, 1.807) is 16.7 Å². The molecule has 0 radical (unpaired) electrons. The van der Waals surface area contributed by atoms with Gasteiger partial charge in [-0.3, -0.25) is 13.9 Å². The highest BCUT2D eigenvalue weighted by atomic mass is 35.5. The van der Waals surface area contributed by atoms with Gasteiger partial charge in [-0.05, 0) is 37.3 Å². The van der Waals surface area contributed by atoms with Crippen LogP contribution in [0.3, 0.4) is 0 Å². The van der Waals surface area contributed by atoms with Gasteiger partial charge >= 0.3 is 0 Å². The molecule has 5 rings (SSSR count). The van der Waals surface area contributed by atoms with Crippen molar-refractivity contribution in [1.82, 2.24) is 24.1 Å². The number of aryl methyl sites for hydroxylation is 1. The van der Waals surface area contributed by atoms with E-state index in [2.05, 4.69) is 6.58 Å². The molecule has 0 N–H and O–H groups in total. The molecule has 0 bridgehead atoms. The van der Waals surface area contributed by atoms with Crippen molar-refractivity contribution in [2.75, 3.05) is 0 Å². The summed E-state index contributed by atoms with van der Waals surface area (Å²) in [7, 11) is 0. The fourth-order valence-corrected chi connectivity index (χ4v) is 3.82. The number of halogens is 1. The van der Waals surface area contributed by atoms with Crippen LogP contribution in [0.25, 0.3) is 38.9 Å². The molecule has 6 nitrogen and oxygen atoms in total. The predicted octanol–water partition coefficient (Wildman–Crippen LogP) is 4.43. The summed E-state index contributed by atoms with van der Waals surface area (Å²) in [5.41, 5.74) is 3.68. The molecule has 0 spiro atoms. The highest BCUT2D eigenvalue weighted by Gasteiger charge is 2.21. The van der Waals surface area contributed by atoms with Crippen LogP contribution in [0.5, 0.6) is 0 Å². The van der Waals surface area contributed by atoms with Crippen LogP contribution in [-0.2, 0) is 6.54 Å². The maximum Gasteiger partial charge on any atom is 0.265 e. The number of hydrogen-bond acceptors (Lipinski definition) is 4. The van der Waals surface area contributed by atoms with Crippen LogP contribution in [0, 0.1) is 6.92 Å². The molecule has 3 aromatic heterocycles. The highest BCUT2D eigenvalue weighted by Crippen LogP contribution is 2.29. The molecule has 0 amide bonds. The second kappa shape index (κ2) is 6.53. The van der Waals surface area contributed by atoms with Crippen molar-refractivity contribution in [2.24, 2.45) is 0 Å². The Balaban J connectivity index is 2.04. The van der Waals surface area contributed by atoms with Crippen LogP contribution in [-0.4, -0.2) is 24.1 Å². The van der Waals surface area contributed by atoms with Gasteiger partial charge in [-0.25, -0.2) is 15.0 Å². The first kappa shape index (κ1) is 17.6. The number of fused-ring (bicyclic) bond motifs is 4. The monoisotopic (exact) mass is 401 g/mol. The van der Waals surface area contributed by atoms with Crippen LogP contribution < -0.4 is 5.56 Å². The second-order valence-electron chi connectivity index (χ2n) is 6.76. The first-order chi connectivity index (χ1) is 14.1. The topological polar surface area (TPSA) is 65.6 Å². The molecule has 0 atom stereocenters. The van der Waals surface area contributed by atoms with Gasteiger partial charge in [-0.15, -0.1) is 6.58 Å². The molecule has 0 aliphatic rings. The lowest BCUT2D eigenvalue weighted by molar-refractivity contribution is 0.727. The molecule has 0 saturated heterocycles. The van der Waals surface area contributed by atoms with Gasteiger partial charge in [0, 0.05) is 11.6 Å². The van der Waals surface area contributed by atoms with E-state index >= 15 is 0 Å². The second-order valence-corrected chi connectivity index (χ2v) is 7.20. The summed E-state index contributed by atoms with van der Waals surface area (Å²) in [5.74, 6) is 0.595. The van der Waals surface area contributed by atoms with Crippen molar-refractivity contribution in [2.45, 2.75) is 13.5 Å². The molecule has 0 aliphatic carbocycles. The number of allylic oxidation sites excluding steroid dienone is 1. The molecule has 3 heterocycles. The van der Waals surface area contributed by atoms with E-state index in [9.17, 15) is 4.79 Å². The van der Waals surface area contributed by atoms with Crippen molar-refractivity contribution >= 4 is 44.8 Å². The van der Waals surface area contributed by atoms with E-state index in [0.29, 0.717) is 39.6 Å². The van der Waals surface area contributed by atoms with Gasteiger partial charge in [-0.1, -0.05) is 35.9 Å². The average Bonchev–Trinajstić information content (AvgIpc) is 3.02. The molecule has 0 fully saturated rings. The van der Waals surface area contributed by atoms with Gasteiger partial charge in [0.05, 0.1) is 16.7 Å². The summed E-state index contributed by atoms with van der Waals surface area (Å²) in [6.45, 7) is 5.93. The molecular formula is C22H16ClN5O. The Kier molecular flexibility index (Phi) is 3.96. The maximum absolute atomic E-state index is 13.4. The fourth-order valence-electron chi connectivity index (χ4n) is 3.63. The third-order valence-corrected chi connectivity index (χ3v) is 5.17. The Morgan fingerprint density at radius 1 is 1.03 bits per heavy atom. The molecule has 0 aliphatic heterocycles. The fraction of sp³-hybridized carbons (Fsp3) is 0.0909. The quantitative estimate of drug-likeness (QED) is 0.419. The number of hydrogen-bond donors (Lipinski definition) is 0.